The van der Waals surface area contributed by atoms with Crippen molar-refractivity contribution < 1.29 is 9.90 Å². The van der Waals surface area contributed by atoms with Crippen LogP contribution in [-0.2, 0) is 10.2 Å². The van der Waals surface area contributed by atoms with Gasteiger partial charge >= 0.3 is 5.97 Å². The van der Waals surface area contributed by atoms with Crippen molar-refractivity contribution in [3.63, 3.8) is 0 Å². The van der Waals surface area contributed by atoms with Crippen LogP contribution in [0.4, 0.5) is 0 Å². The Morgan fingerprint density at radius 3 is 2.82 bits per heavy atom. The van der Waals surface area contributed by atoms with Crippen molar-refractivity contribution in [2.24, 2.45) is 0 Å². The highest BCUT2D eigenvalue weighted by atomic mass is 32.1. The van der Waals surface area contributed by atoms with E-state index in [9.17, 15) is 4.79 Å². The van der Waals surface area contributed by atoms with Crippen molar-refractivity contribution in [3.05, 3.63) is 16.6 Å². The molecule has 3 nitrogen and oxygen atoms in total. The van der Waals surface area contributed by atoms with Crippen LogP contribution in [0, 0.1) is 0 Å². The van der Waals surface area contributed by atoms with Crippen LogP contribution < -0.4 is 0 Å². The van der Waals surface area contributed by atoms with E-state index in [1.807, 2.05) is 5.38 Å². The van der Waals surface area contributed by atoms with Gasteiger partial charge in [-0.2, -0.15) is 0 Å². The van der Waals surface area contributed by atoms with Gasteiger partial charge in [0.1, 0.15) is 10.4 Å². The van der Waals surface area contributed by atoms with Gasteiger partial charge in [-0.25, -0.2) is 4.98 Å². The average Bonchev–Trinajstić information content (AvgIpc) is 2.61. The maximum Gasteiger partial charge on any atom is 0.316 e. The topological polar surface area (TPSA) is 50.2 Å². The molecule has 0 atom stereocenters. The molecule has 0 amide bonds. The smallest absolute Gasteiger partial charge is 0.316 e. The van der Waals surface area contributed by atoms with E-state index in [-0.39, 0.29) is 0 Å². The second-order valence-electron chi connectivity index (χ2n) is 2.72. The van der Waals surface area contributed by atoms with E-state index in [0.29, 0.717) is 0 Å². The molecule has 2 rings (SSSR count). The van der Waals surface area contributed by atoms with Crippen LogP contribution in [0.5, 0.6) is 0 Å². The van der Waals surface area contributed by atoms with Gasteiger partial charge in [0.2, 0.25) is 0 Å². The molecule has 1 aromatic rings. The molecule has 0 radical (unpaired) electrons. The number of aromatic nitrogens is 1. The van der Waals surface area contributed by atoms with Crippen molar-refractivity contribution in [3.8, 4) is 0 Å². The van der Waals surface area contributed by atoms with Crippen LogP contribution in [-0.4, -0.2) is 16.1 Å². The Labute approximate surface area is 67.7 Å². The van der Waals surface area contributed by atoms with E-state index in [4.69, 9.17) is 5.11 Å². The highest BCUT2D eigenvalue weighted by Gasteiger charge is 2.53. The van der Waals surface area contributed by atoms with Gasteiger partial charge < -0.3 is 5.11 Å². The summed E-state index contributed by atoms with van der Waals surface area (Å²) in [7, 11) is 0. The second-order valence-corrected chi connectivity index (χ2v) is 3.62. The van der Waals surface area contributed by atoms with Gasteiger partial charge in [0.15, 0.2) is 0 Å². The lowest BCUT2D eigenvalue weighted by Gasteiger charge is -2.02. The van der Waals surface area contributed by atoms with Gasteiger partial charge in [-0.15, -0.1) is 11.3 Å². The Bertz CT molecular complexity index is 277. The van der Waals surface area contributed by atoms with Crippen LogP contribution in [0.1, 0.15) is 17.8 Å². The zero-order chi connectivity index (χ0) is 7.90. The molecule has 1 saturated carbocycles. The highest BCUT2D eigenvalue weighted by molar-refractivity contribution is 7.09. The second kappa shape index (κ2) is 2.04. The van der Waals surface area contributed by atoms with Crippen molar-refractivity contribution in [2.75, 3.05) is 0 Å². The van der Waals surface area contributed by atoms with Crippen molar-refractivity contribution in [2.45, 2.75) is 18.3 Å². The summed E-state index contributed by atoms with van der Waals surface area (Å²) in [5.41, 5.74) is -0.603. The van der Waals surface area contributed by atoms with E-state index in [1.54, 1.807) is 6.20 Å². The Kier molecular flexibility index (Phi) is 1.26. The molecule has 0 bridgehead atoms. The zero-order valence-electron chi connectivity index (χ0n) is 5.78. The van der Waals surface area contributed by atoms with Crippen molar-refractivity contribution in [1.82, 2.24) is 4.98 Å². The summed E-state index contributed by atoms with van der Waals surface area (Å²) >= 11 is 1.43. The van der Waals surface area contributed by atoms with Crippen LogP contribution in [0.2, 0.25) is 0 Å². The molecular weight excluding hydrogens is 162 g/mol. The lowest BCUT2D eigenvalue weighted by molar-refractivity contribution is -0.140. The quantitative estimate of drug-likeness (QED) is 0.725. The summed E-state index contributed by atoms with van der Waals surface area (Å²) in [6.45, 7) is 0. The van der Waals surface area contributed by atoms with Gasteiger partial charge in [0.05, 0.1) is 0 Å². The van der Waals surface area contributed by atoms with Gasteiger partial charge in [0.25, 0.3) is 0 Å². The Morgan fingerprint density at radius 1 is 1.73 bits per heavy atom. The number of rotatable bonds is 2. The SMILES string of the molecule is O=C(O)C1(c2nccs2)CC1. The Hall–Kier alpha value is -0.900. The summed E-state index contributed by atoms with van der Waals surface area (Å²) in [5, 5.41) is 11.4. The molecule has 0 aliphatic heterocycles. The highest BCUT2D eigenvalue weighted by Crippen LogP contribution is 2.48. The first-order chi connectivity index (χ1) is 5.26. The predicted octanol–water partition coefficient (Wildman–Crippen LogP) is 1.26. The summed E-state index contributed by atoms with van der Waals surface area (Å²) in [5.74, 6) is -0.729. The number of hydrogen-bond acceptors (Lipinski definition) is 3. The number of nitrogens with zero attached hydrogens (tertiary/aromatic N) is 1. The summed E-state index contributed by atoms with van der Waals surface area (Å²) in [6, 6.07) is 0. The van der Waals surface area contributed by atoms with E-state index in [2.05, 4.69) is 4.98 Å². The minimum absolute atomic E-state index is 0.603. The lowest BCUT2D eigenvalue weighted by Crippen LogP contribution is -2.18. The number of carboxylic acid groups (broad SMARTS) is 1. The van der Waals surface area contributed by atoms with Gasteiger partial charge in [-0.3, -0.25) is 4.79 Å². The fourth-order valence-electron chi connectivity index (χ4n) is 1.10. The molecule has 1 N–H and O–H groups in total. The monoisotopic (exact) mass is 169 g/mol. The largest absolute Gasteiger partial charge is 0.481 e. The van der Waals surface area contributed by atoms with Crippen molar-refractivity contribution >= 4 is 17.3 Å². The maximum atomic E-state index is 10.7. The first-order valence-corrected chi connectivity index (χ1v) is 4.27. The maximum absolute atomic E-state index is 10.7. The predicted molar refractivity (Wildman–Crippen MR) is 40.7 cm³/mol. The molecule has 0 spiro atoms. The number of carbonyl (C=O) groups is 1. The zero-order valence-corrected chi connectivity index (χ0v) is 6.60. The fraction of sp³-hybridized carbons (Fsp3) is 0.429. The first kappa shape index (κ1) is 6.79. The number of carboxylic acids is 1. The summed E-state index contributed by atoms with van der Waals surface area (Å²) in [4.78, 5) is 14.8. The standard InChI is InChI=1S/C7H7NO2S/c9-6(10)7(1-2-7)5-8-3-4-11-5/h3-4H,1-2H2,(H,9,10). The normalized spacial score (nSPS) is 19.6. The molecular formula is C7H7NO2S. The van der Waals surface area contributed by atoms with Gasteiger partial charge in [0, 0.05) is 11.6 Å². The van der Waals surface area contributed by atoms with Crippen LogP contribution in [0.15, 0.2) is 11.6 Å². The van der Waals surface area contributed by atoms with Gasteiger partial charge in [-0.05, 0) is 12.8 Å². The molecule has 1 aromatic heterocycles. The number of thiazole rings is 1. The van der Waals surface area contributed by atoms with Crippen LogP contribution >= 0.6 is 11.3 Å². The molecule has 58 valence electrons. The van der Waals surface area contributed by atoms with E-state index >= 15 is 0 Å². The molecule has 1 fully saturated rings. The molecule has 0 unspecified atom stereocenters. The van der Waals surface area contributed by atoms with E-state index < -0.39 is 11.4 Å². The third-order valence-electron chi connectivity index (χ3n) is 2.00. The van der Waals surface area contributed by atoms with Crippen molar-refractivity contribution in [1.29, 1.82) is 0 Å². The summed E-state index contributed by atoms with van der Waals surface area (Å²) < 4.78 is 0. The molecule has 0 aromatic carbocycles. The molecule has 1 aliphatic carbocycles. The van der Waals surface area contributed by atoms with E-state index in [1.165, 1.54) is 11.3 Å². The molecule has 1 aliphatic rings. The van der Waals surface area contributed by atoms with Gasteiger partial charge in [-0.1, -0.05) is 0 Å². The Morgan fingerprint density at radius 2 is 2.45 bits per heavy atom. The number of hydrogen-bond donors (Lipinski definition) is 1. The molecule has 4 heteroatoms. The first-order valence-electron chi connectivity index (χ1n) is 3.39. The molecule has 11 heavy (non-hydrogen) atoms. The molecule has 0 saturated heterocycles. The summed E-state index contributed by atoms with van der Waals surface area (Å²) in [6.07, 6.45) is 3.15. The number of aliphatic carboxylic acids is 1. The minimum atomic E-state index is -0.729. The third-order valence-corrected chi connectivity index (χ3v) is 2.98. The molecule has 1 heterocycles. The Balaban J connectivity index is 2.36. The average molecular weight is 169 g/mol. The third kappa shape index (κ3) is 0.860. The van der Waals surface area contributed by atoms with Crippen LogP contribution in [0.25, 0.3) is 0 Å². The van der Waals surface area contributed by atoms with E-state index in [0.717, 1.165) is 17.8 Å². The van der Waals surface area contributed by atoms with Crippen LogP contribution in [0.3, 0.4) is 0 Å². The lowest BCUT2D eigenvalue weighted by atomic mass is 10.1. The fourth-order valence-corrected chi connectivity index (χ4v) is 1.99. The minimum Gasteiger partial charge on any atom is -0.481 e.